The number of para-hydroxylation sites is 1. The molecule has 4 nitrogen and oxygen atoms in total. The predicted molar refractivity (Wildman–Crippen MR) is 102 cm³/mol. The predicted octanol–water partition coefficient (Wildman–Crippen LogP) is 4.53. The van der Waals surface area contributed by atoms with Gasteiger partial charge < -0.3 is 0 Å². The Labute approximate surface area is 151 Å². The zero-order valence-electron chi connectivity index (χ0n) is 14.3. The van der Waals surface area contributed by atoms with Crippen LogP contribution in [0.2, 0.25) is 0 Å². The van der Waals surface area contributed by atoms with Crippen molar-refractivity contribution in [3.8, 4) is 6.07 Å². The van der Waals surface area contributed by atoms with Crippen molar-refractivity contribution in [2.24, 2.45) is 0 Å². The van der Waals surface area contributed by atoms with Crippen molar-refractivity contribution in [3.05, 3.63) is 70.0 Å². The van der Waals surface area contributed by atoms with Crippen LogP contribution >= 0.6 is 11.8 Å². The molecule has 3 rings (SSSR count). The number of aromatic nitrogens is 2. The maximum absolute atomic E-state index is 12.9. The van der Waals surface area contributed by atoms with Gasteiger partial charge in [0, 0.05) is 11.8 Å². The second kappa shape index (κ2) is 7.54. The summed E-state index contributed by atoms with van der Waals surface area (Å²) in [6.45, 7) is 4.11. The van der Waals surface area contributed by atoms with Gasteiger partial charge in [0.2, 0.25) is 0 Å². The van der Waals surface area contributed by atoms with Crippen molar-refractivity contribution in [3.63, 3.8) is 0 Å². The number of nitriles is 1. The van der Waals surface area contributed by atoms with Crippen LogP contribution in [0, 0.1) is 11.3 Å². The summed E-state index contributed by atoms with van der Waals surface area (Å²) < 4.78 is 1.79. The smallest absolute Gasteiger partial charge is 0.262 e. The third kappa shape index (κ3) is 3.59. The van der Waals surface area contributed by atoms with E-state index in [-0.39, 0.29) is 11.6 Å². The van der Waals surface area contributed by atoms with Gasteiger partial charge in [0.25, 0.3) is 5.56 Å². The lowest BCUT2D eigenvalue weighted by Gasteiger charge is -2.18. The van der Waals surface area contributed by atoms with Crippen molar-refractivity contribution in [2.75, 3.05) is 0 Å². The van der Waals surface area contributed by atoms with E-state index >= 15 is 0 Å². The lowest BCUT2D eigenvalue weighted by Crippen LogP contribution is -2.26. The highest BCUT2D eigenvalue weighted by Crippen LogP contribution is 2.25. The van der Waals surface area contributed by atoms with E-state index in [1.807, 2.05) is 49.4 Å². The third-order valence-electron chi connectivity index (χ3n) is 4.23. The fourth-order valence-corrected chi connectivity index (χ4v) is 3.72. The normalized spacial score (nSPS) is 12.0. The van der Waals surface area contributed by atoms with Gasteiger partial charge in [-0.25, -0.2) is 4.98 Å². The quantitative estimate of drug-likeness (QED) is 0.501. The van der Waals surface area contributed by atoms with E-state index in [1.54, 1.807) is 10.6 Å². The van der Waals surface area contributed by atoms with E-state index < -0.39 is 0 Å². The third-order valence-corrected chi connectivity index (χ3v) is 5.25. The number of hydrogen-bond donors (Lipinski definition) is 0. The Morgan fingerprint density at radius 1 is 1.24 bits per heavy atom. The highest BCUT2D eigenvalue weighted by atomic mass is 32.2. The Kier molecular flexibility index (Phi) is 5.20. The molecular formula is C20H19N3OS. The lowest BCUT2D eigenvalue weighted by molar-refractivity contribution is 0.468. The van der Waals surface area contributed by atoms with E-state index in [1.165, 1.54) is 11.8 Å². The van der Waals surface area contributed by atoms with Gasteiger partial charge in [0.05, 0.1) is 22.5 Å². The van der Waals surface area contributed by atoms with Gasteiger partial charge in [-0.2, -0.15) is 5.26 Å². The monoisotopic (exact) mass is 349 g/mol. The van der Waals surface area contributed by atoms with Crippen LogP contribution in [0.15, 0.2) is 58.5 Å². The highest BCUT2D eigenvalue weighted by molar-refractivity contribution is 7.98. The number of fused-ring (bicyclic) bond motifs is 1. The molecule has 0 aliphatic carbocycles. The fourth-order valence-electron chi connectivity index (χ4n) is 2.68. The van der Waals surface area contributed by atoms with Crippen molar-refractivity contribution in [2.45, 2.75) is 37.2 Å². The van der Waals surface area contributed by atoms with Crippen LogP contribution in [0.1, 0.15) is 37.4 Å². The van der Waals surface area contributed by atoms with Crippen LogP contribution in [-0.4, -0.2) is 9.55 Å². The molecule has 0 amide bonds. The first-order valence-electron chi connectivity index (χ1n) is 8.27. The second-order valence-corrected chi connectivity index (χ2v) is 6.89. The van der Waals surface area contributed by atoms with Crippen molar-refractivity contribution >= 4 is 22.7 Å². The second-order valence-electron chi connectivity index (χ2n) is 5.94. The minimum atomic E-state index is 0.00762. The Balaban J connectivity index is 2.02. The van der Waals surface area contributed by atoms with Crippen molar-refractivity contribution in [1.29, 1.82) is 5.26 Å². The van der Waals surface area contributed by atoms with Gasteiger partial charge in [0.15, 0.2) is 5.16 Å². The van der Waals surface area contributed by atoms with Crippen LogP contribution in [0.3, 0.4) is 0 Å². The van der Waals surface area contributed by atoms with Crippen LogP contribution in [-0.2, 0) is 5.75 Å². The minimum Gasteiger partial charge on any atom is -0.284 e. The highest BCUT2D eigenvalue weighted by Gasteiger charge is 2.15. The molecule has 2 aromatic carbocycles. The maximum atomic E-state index is 12.9. The molecule has 1 atom stereocenters. The number of benzene rings is 2. The van der Waals surface area contributed by atoms with Crippen molar-refractivity contribution < 1.29 is 0 Å². The first kappa shape index (κ1) is 17.2. The summed E-state index contributed by atoms with van der Waals surface area (Å²) in [6, 6.07) is 17.2. The van der Waals surface area contributed by atoms with Gasteiger partial charge in [-0.3, -0.25) is 9.36 Å². The fraction of sp³-hybridized carbons (Fsp3) is 0.250. The Morgan fingerprint density at radius 2 is 2.04 bits per heavy atom. The Morgan fingerprint density at radius 3 is 2.80 bits per heavy atom. The molecule has 0 N–H and O–H groups in total. The molecule has 0 unspecified atom stereocenters. The lowest BCUT2D eigenvalue weighted by atomic mass is 10.2. The molecule has 0 aliphatic rings. The van der Waals surface area contributed by atoms with E-state index in [2.05, 4.69) is 13.0 Å². The molecule has 126 valence electrons. The van der Waals surface area contributed by atoms with Gasteiger partial charge >= 0.3 is 0 Å². The molecule has 0 saturated carbocycles. The first-order valence-corrected chi connectivity index (χ1v) is 9.25. The molecule has 0 radical (unpaired) electrons. The summed E-state index contributed by atoms with van der Waals surface area (Å²) in [7, 11) is 0. The maximum Gasteiger partial charge on any atom is 0.262 e. The first-order chi connectivity index (χ1) is 12.1. The molecule has 0 bridgehead atoms. The minimum absolute atomic E-state index is 0.00762. The summed E-state index contributed by atoms with van der Waals surface area (Å²) in [5, 5.41) is 10.4. The molecule has 3 aromatic rings. The largest absolute Gasteiger partial charge is 0.284 e. The van der Waals surface area contributed by atoms with Gasteiger partial charge in [-0.05, 0) is 43.2 Å². The van der Waals surface area contributed by atoms with Crippen LogP contribution in [0.5, 0.6) is 0 Å². The van der Waals surface area contributed by atoms with Crippen LogP contribution < -0.4 is 5.56 Å². The zero-order chi connectivity index (χ0) is 17.8. The molecule has 1 aromatic heterocycles. The van der Waals surface area contributed by atoms with E-state index in [4.69, 9.17) is 10.2 Å². The summed E-state index contributed by atoms with van der Waals surface area (Å²) >= 11 is 1.53. The molecule has 5 heteroatoms. The standard InChI is InChI=1S/C20H19N3OS/c1-3-14(2)23-19(24)17-9-4-5-10-18(17)22-20(23)25-13-16-8-6-7-15(11-16)12-21/h4-11,14H,3,13H2,1-2H3/t14-/m0/s1. The van der Waals surface area contributed by atoms with Gasteiger partial charge in [-0.1, -0.05) is 43.0 Å². The molecular weight excluding hydrogens is 330 g/mol. The number of hydrogen-bond acceptors (Lipinski definition) is 4. The Bertz CT molecular complexity index is 1000. The number of nitrogens with zero attached hydrogens (tertiary/aromatic N) is 3. The topological polar surface area (TPSA) is 58.7 Å². The van der Waals surface area contributed by atoms with Crippen molar-refractivity contribution in [1.82, 2.24) is 9.55 Å². The average molecular weight is 349 g/mol. The number of thioether (sulfide) groups is 1. The van der Waals surface area contributed by atoms with E-state index in [0.29, 0.717) is 16.7 Å². The van der Waals surface area contributed by atoms with Crippen LogP contribution in [0.4, 0.5) is 0 Å². The molecule has 0 spiro atoms. The zero-order valence-corrected chi connectivity index (χ0v) is 15.1. The SMILES string of the molecule is CC[C@H](C)n1c(SCc2cccc(C#N)c2)nc2ccccc2c1=O. The summed E-state index contributed by atoms with van der Waals surface area (Å²) in [5.41, 5.74) is 2.42. The van der Waals surface area contributed by atoms with E-state index in [9.17, 15) is 4.79 Å². The molecule has 25 heavy (non-hydrogen) atoms. The average Bonchev–Trinajstić information content (AvgIpc) is 2.66. The molecule has 0 saturated heterocycles. The summed E-state index contributed by atoms with van der Waals surface area (Å²) in [4.78, 5) is 17.7. The number of rotatable bonds is 5. The van der Waals surface area contributed by atoms with Gasteiger partial charge in [0.1, 0.15) is 0 Å². The van der Waals surface area contributed by atoms with E-state index in [0.717, 1.165) is 22.7 Å². The molecule has 1 heterocycles. The molecule has 0 aliphatic heterocycles. The summed E-state index contributed by atoms with van der Waals surface area (Å²) in [6.07, 6.45) is 0.859. The molecule has 0 fully saturated rings. The van der Waals surface area contributed by atoms with Gasteiger partial charge in [-0.15, -0.1) is 0 Å². The Hall–Kier alpha value is -2.58. The summed E-state index contributed by atoms with van der Waals surface area (Å²) in [5.74, 6) is 0.663. The van der Waals surface area contributed by atoms with Crippen LogP contribution in [0.25, 0.3) is 10.9 Å².